The van der Waals surface area contributed by atoms with Crippen LogP contribution in [0.1, 0.15) is 63.5 Å². The van der Waals surface area contributed by atoms with E-state index >= 15 is 0 Å². The molecule has 0 bridgehead atoms. The maximum Gasteiger partial charge on any atom is 0.232 e. The summed E-state index contributed by atoms with van der Waals surface area (Å²) in [6.45, 7) is 13.6. The van der Waals surface area contributed by atoms with Gasteiger partial charge in [0.15, 0.2) is 11.8 Å². The molecule has 0 saturated heterocycles. The summed E-state index contributed by atoms with van der Waals surface area (Å²) in [6, 6.07) is 8.50. The van der Waals surface area contributed by atoms with Gasteiger partial charge in [0.2, 0.25) is 5.89 Å². The van der Waals surface area contributed by atoms with Gasteiger partial charge in [0.1, 0.15) is 6.54 Å². The van der Waals surface area contributed by atoms with E-state index in [0.29, 0.717) is 18.3 Å². The monoisotopic (exact) mass is 343 g/mol. The van der Waals surface area contributed by atoms with Crippen LogP contribution in [0.3, 0.4) is 0 Å². The van der Waals surface area contributed by atoms with E-state index in [1.165, 1.54) is 11.1 Å². The van der Waals surface area contributed by atoms with E-state index in [1.54, 1.807) is 0 Å². The maximum absolute atomic E-state index is 5.32. The highest BCUT2D eigenvalue weighted by Gasteiger charge is 2.21. The van der Waals surface area contributed by atoms with Crippen molar-refractivity contribution < 1.29 is 4.52 Å². The second-order valence-corrected chi connectivity index (χ2v) is 7.18. The highest BCUT2D eigenvalue weighted by atomic mass is 16.5. The van der Waals surface area contributed by atoms with Crippen molar-refractivity contribution in [1.29, 1.82) is 0 Å². The van der Waals surface area contributed by atoms with Gasteiger partial charge >= 0.3 is 0 Å². The van der Waals surface area contributed by atoms with Crippen LogP contribution in [0.15, 0.2) is 33.8 Å². The molecule has 6 heteroatoms. The van der Waals surface area contributed by atoms with Crippen LogP contribution in [0.4, 0.5) is 0 Å². The van der Waals surface area contributed by atoms with E-state index < -0.39 is 0 Å². The second kappa shape index (κ2) is 8.14. The van der Waals surface area contributed by atoms with Crippen molar-refractivity contribution in [3.8, 4) is 0 Å². The molecular weight excluding hydrogens is 314 g/mol. The lowest BCUT2D eigenvalue weighted by molar-refractivity contribution is 0.318. The lowest BCUT2D eigenvalue weighted by Crippen LogP contribution is -2.38. The first-order valence-corrected chi connectivity index (χ1v) is 8.74. The van der Waals surface area contributed by atoms with Gasteiger partial charge in [-0.05, 0) is 31.9 Å². The average Bonchev–Trinajstić information content (AvgIpc) is 3.02. The molecule has 0 fully saturated rings. The zero-order valence-electron chi connectivity index (χ0n) is 16.1. The van der Waals surface area contributed by atoms with Crippen molar-refractivity contribution in [2.75, 3.05) is 6.54 Å². The molecule has 25 heavy (non-hydrogen) atoms. The topological polar surface area (TPSA) is 75.3 Å². The van der Waals surface area contributed by atoms with Crippen molar-refractivity contribution in [1.82, 2.24) is 20.8 Å². The standard InChI is InChI=1S/C19H29N5O/c1-7-20-18(22-14(3)15-11-9-8-10-13(15)2)21-12-16-23-17(25-24-16)19(4,5)6/h8-11,14H,7,12H2,1-6H3,(H2,20,21,22). The van der Waals surface area contributed by atoms with Crippen LogP contribution in [-0.2, 0) is 12.0 Å². The van der Waals surface area contributed by atoms with Crippen LogP contribution in [0.25, 0.3) is 0 Å². The minimum Gasteiger partial charge on any atom is -0.357 e. The Hall–Kier alpha value is -2.37. The summed E-state index contributed by atoms with van der Waals surface area (Å²) in [7, 11) is 0. The molecule has 0 aliphatic rings. The summed E-state index contributed by atoms with van der Waals surface area (Å²) in [5.41, 5.74) is 2.35. The van der Waals surface area contributed by atoms with Crippen LogP contribution in [-0.4, -0.2) is 22.6 Å². The van der Waals surface area contributed by atoms with Gasteiger partial charge in [-0.25, -0.2) is 4.99 Å². The molecule has 0 radical (unpaired) electrons. The number of aromatic nitrogens is 2. The quantitative estimate of drug-likeness (QED) is 0.642. The average molecular weight is 343 g/mol. The summed E-state index contributed by atoms with van der Waals surface area (Å²) in [4.78, 5) is 9.01. The highest BCUT2D eigenvalue weighted by molar-refractivity contribution is 5.80. The van der Waals surface area contributed by atoms with E-state index in [9.17, 15) is 0 Å². The molecule has 1 aromatic carbocycles. The summed E-state index contributed by atoms with van der Waals surface area (Å²) in [5.74, 6) is 1.95. The molecule has 2 rings (SSSR count). The van der Waals surface area contributed by atoms with Crippen molar-refractivity contribution >= 4 is 5.96 Å². The summed E-state index contributed by atoms with van der Waals surface area (Å²) in [5, 5.41) is 10.7. The molecular formula is C19H29N5O. The maximum atomic E-state index is 5.32. The van der Waals surface area contributed by atoms with Crippen molar-refractivity contribution in [2.45, 2.75) is 59.5 Å². The summed E-state index contributed by atoms with van der Waals surface area (Å²) < 4.78 is 5.32. The summed E-state index contributed by atoms with van der Waals surface area (Å²) in [6.07, 6.45) is 0. The lowest BCUT2D eigenvalue weighted by atomic mass is 9.97. The molecule has 0 aliphatic carbocycles. The fourth-order valence-corrected chi connectivity index (χ4v) is 2.45. The number of aryl methyl sites for hydroxylation is 1. The number of hydrogen-bond acceptors (Lipinski definition) is 4. The minimum absolute atomic E-state index is 0.148. The van der Waals surface area contributed by atoms with E-state index in [-0.39, 0.29) is 11.5 Å². The number of nitrogens with zero attached hydrogens (tertiary/aromatic N) is 3. The molecule has 1 unspecified atom stereocenters. The number of aliphatic imine (C=N–C) groups is 1. The third-order valence-electron chi connectivity index (χ3n) is 3.84. The van der Waals surface area contributed by atoms with Gasteiger partial charge in [0.05, 0.1) is 6.04 Å². The van der Waals surface area contributed by atoms with E-state index in [4.69, 9.17) is 4.52 Å². The zero-order valence-corrected chi connectivity index (χ0v) is 16.1. The molecule has 6 nitrogen and oxygen atoms in total. The first-order chi connectivity index (χ1) is 11.8. The summed E-state index contributed by atoms with van der Waals surface area (Å²) >= 11 is 0. The second-order valence-electron chi connectivity index (χ2n) is 7.18. The lowest BCUT2D eigenvalue weighted by Gasteiger charge is -2.19. The molecule has 2 N–H and O–H groups in total. The van der Waals surface area contributed by atoms with Crippen LogP contribution in [0.2, 0.25) is 0 Å². The molecule has 1 atom stereocenters. The van der Waals surface area contributed by atoms with Gasteiger partial charge in [0, 0.05) is 12.0 Å². The van der Waals surface area contributed by atoms with Crippen LogP contribution < -0.4 is 10.6 Å². The number of rotatable bonds is 5. The Kier molecular flexibility index (Phi) is 6.17. The molecule has 0 spiro atoms. The Bertz CT molecular complexity index is 715. The molecule has 0 saturated carbocycles. The Labute approximate surface area is 150 Å². The molecule has 2 aromatic rings. The van der Waals surface area contributed by atoms with Crippen molar-refractivity contribution in [3.63, 3.8) is 0 Å². The molecule has 1 heterocycles. The van der Waals surface area contributed by atoms with E-state index in [2.05, 4.69) is 57.8 Å². The third kappa shape index (κ3) is 5.31. The third-order valence-corrected chi connectivity index (χ3v) is 3.84. The predicted octanol–water partition coefficient (Wildman–Crippen LogP) is 3.49. The van der Waals surface area contributed by atoms with Gasteiger partial charge in [-0.2, -0.15) is 4.98 Å². The minimum atomic E-state index is -0.156. The largest absolute Gasteiger partial charge is 0.357 e. The van der Waals surface area contributed by atoms with Crippen molar-refractivity contribution in [3.05, 3.63) is 47.1 Å². The van der Waals surface area contributed by atoms with Crippen LogP contribution in [0.5, 0.6) is 0 Å². The zero-order chi connectivity index (χ0) is 18.4. The highest BCUT2D eigenvalue weighted by Crippen LogP contribution is 2.20. The fourth-order valence-electron chi connectivity index (χ4n) is 2.45. The Morgan fingerprint density at radius 1 is 1.28 bits per heavy atom. The Morgan fingerprint density at radius 2 is 2.00 bits per heavy atom. The first-order valence-electron chi connectivity index (χ1n) is 8.74. The van der Waals surface area contributed by atoms with Gasteiger partial charge in [0.25, 0.3) is 0 Å². The Balaban J connectivity index is 2.08. The molecule has 136 valence electrons. The normalized spacial score (nSPS) is 13.6. The van der Waals surface area contributed by atoms with Crippen molar-refractivity contribution in [2.24, 2.45) is 4.99 Å². The van der Waals surface area contributed by atoms with Crippen LogP contribution >= 0.6 is 0 Å². The SMILES string of the molecule is CCNC(=NCc1noc(C(C)(C)C)n1)NC(C)c1ccccc1C. The van der Waals surface area contributed by atoms with Gasteiger partial charge in [-0.1, -0.05) is 50.2 Å². The number of hydrogen-bond donors (Lipinski definition) is 2. The van der Waals surface area contributed by atoms with E-state index in [0.717, 1.165) is 12.5 Å². The smallest absolute Gasteiger partial charge is 0.232 e. The predicted molar refractivity (Wildman–Crippen MR) is 101 cm³/mol. The molecule has 0 amide bonds. The first kappa shape index (κ1) is 19.0. The Morgan fingerprint density at radius 3 is 2.60 bits per heavy atom. The van der Waals surface area contributed by atoms with Crippen LogP contribution in [0, 0.1) is 6.92 Å². The fraction of sp³-hybridized carbons (Fsp3) is 0.526. The number of guanidine groups is 1. The van der Waals surface area contributed by atoms with Gasteiger partial charge in [-0.3, -0.25) is 0 Å². The number of nitrogens with one attached hydrogen (secondary N) is 2. The molecule has 1 aromatic heterocycles. The van der Waals surface area contributed by atoms with E-state index in [1.807, 2.05) is 33.8 Å². The number of benzene rings is 1. The van der Waals surface area contributed by atoms with Gasteiger partial charge < -0.3 is 15.2 Å². The van der Waals surface area contributed by atoms with Gasteiger partial charge in [-0.15, -0.1) is 0 Å². The molecule has 0 aliphatic heterocycles.